The molecule has 0 amide bonds. The van der Waals surface area contributed by atoms with E-state index < -0.39 is 0 Å². The number of carbonyl (C=O) groups excluding carboxylic acids is 1. The topological polar surface area (TPSA) is 44.8 Å². The monoisotopic (exact) mass is 218 g/mol. The van der Waals surface area contributed by atoms with Crippen LogP contribution in [-0.2, 0) is 19.0 Å². The van der Waals surface area contributed by atoms with Crippen LogP contribution in [0.2, 0.25) is 0 Å². The van der Waals surface area contributed by atoms with Crippen LogP contribution < -0.4 is 0 Å². The molecule has 1 atom stereocenters. The lowest BCUT2D eigenvalue weighted by molar-refractivity contribution is -0.154. The van der Waals surface area contributed by atoms with E-state index in [2.05, 4.69) is 0 Å². The Bertz CT molecular complexity index is 164. The highest BCUT2D eigenvalue weighted by Crippen LogP contribution is 2.11. The molecule has 0 spiro atoms. The highest BCUT2D eigenvalue weighted by molar-refractivity contribution is 5.65. The van der Waals surface area contributed by atoms with Gasteiger partial charge in [-0.15, -0.1) is 0 Å². The molecule has 0 aliphatic rings. The largest absolute Gasteiger partial charge is 0.466 e. The minimum absolute atomic E-state index is 0.189. The summed E-state index contributed by atoms with van der Waals surface area (Å²) in [7, 11) is 0. The third kappa shape index (κ3) is 8.39. The fraction of sp³-hybridized carbons (Fsp3) is 0.909. The molecule has 0 aromatic carbocycles. The van der Waals surface area contributed by atoms with Crippen LogP contribution in [0.5, 0.6) is 0 Å². The molecule has 0 aliphatic heterocycles. The van der Waals surface area contributed by atoms with Crippen molar-refractivity contribution in [3.05, 3.63) is 0 Å². The average molecular weight is 218 g/mol. The third-order valence-electron chi connectivity index (χ3n) is 1.87. The summed E-state index contributed by atoms with van der Waals surface area (Å²) >= 11 is 0. The van der Waals surface area contributed by atoms with Crippen molar-refractivity contribution in [2.45, 2.75) is 40.4 Å². The normalized spacial score (nSPS) is 12.9. The van der Waals surface area contributed by atoms with Crippen molar-refractivity contribution in [2.75, 3.05) is 19.8 Å². The number of esters is 1. The molecule has 0 bridgehead atoms. The molecule has 0 unspecified atom stereocenters. The zero-order valence-corrected chi connectivity index (χ0v) is 10.1. The van der Waals surface area contributed by atoms with Crippen molar-refractivity contribution in [2.24, 2.45) is 5.92 Å². The van der Waals surface area contributed by atoms with E-state index in [-0.39, 0.29) is 18.2 Å². The van der Waals surface area contributed by atoms with Crippen molar-refractivity contribution in [1.82, 2.24) is 0 Å². The third-order valence-corrected chi connectivity index (χ3v) is 1.87. The van der Waals surface area contributed by atoms with Crippen molar-refractivity contribution in [3.8, 4) is 0 Å². The first kappa shape index (κ1) is 14.4. The molecule has 15 heavy (non-hydrogen) atoms. The summed E-state index contributed by atoms with van der Waals surface area (Å²) in [5.41, 5.74) is 0. The van der Waals surface area contributed by atoms with Crippen LogP contribution in [0.4, 0.5) is 0 Å². The highest BCUT2D eigenvalue weighted by atomic mass is 16.7. The molecule has 0 saturated carbocycles. The van der Waals surface area contributed by atoms with Gasteiger partial charge in [-0.1, -0.05) is 6.92 Å². The van der Waals surface area contributed by atoms with E-state index in [0.717, 1.165) is 6.42 Å². The van der Waals surface area contributed by atoms with Gasteiger partial charge in [0.25, 0.3) is 0 Å². The predicted molar refractivity (Wildman–Crippen MR) is 57.5 cm³/mol. The molecule has 0 radical (unpaired) electrons. The Kier molecular flexibility index (Phi) is 8.33. The van der Waals surface area contributed by atoms with Crippen molar-refractivity contribution in [1.29, 1.82) is 0 Å². The highest BCUT2D eigenvalue weighted by Gasteiger charge is 2.14. The number of hydrogen-bond donors (Lipinski definition) is 0. The van der Waals surface area contributed by atoms with Crippen LogP contribution in [0, 0.1) is 5.92 Å². The second kappa shape index (κ2) is 8.68. The minimum Gasteiger partial charge on any atom is -0.466 e. The van der Waals surface area contributed by atoms with Gasteiger partial charge in [-0.3, -0.25) is 4.79 Å². The Hall–Kier alpha value is -0.610. The Morgan fingerprint density at radius 2 is 1.73 bits per heavy atom. The molecule has 0 aliphatic carbocycles. The Morgan fingerprint density at radius 3 is 2.13 bits per heavy atom. The summed E-state index contributed by atoms with van der Waals surface area (Å²) in [5, 5.41) is 0. The first-order chi connectivity index (χ1) is 7.10. The molecular formula is C11H22O4. The number of hydrogen-bond acceptors (Lipinski definition) is 4. The summed E-state index contributed by atoms with van der Waals surface area (Å²) in [6.07, 6.45) is 0.556. The van der Waals surface area contributed by atoms with Gasteiger partial charge in [-0.05, 0) is 19.8 Å². The number of ether oxygens (including phenoxy) is 3. The lowest BCUT2D eigenvalue weighted by atomic mass is 10.1. The molecule has 4 nitrogen and oxygen atoms in total. The van der Waals surface area contributed by atoms with Gasteiger partial charge in [0, 0.05) is 26.6 Å². The molecular weight excluding hydrogens is 196 g/mol. The number of rotatable bonds is 8. The molecule has 0 aromatic heterocycles. The Labute approximate surface area is 91.9 Å². The lowest BCUT2D eigenvalue weighted by Gasteiger charge is -2.20. The lowest BCUT2D eigenvalue weighted by Crippen LogP contribution is -2.22. The van der Waals surface area contributed by atoms with Gasteiger partial charge in [0.1, 0.15) is 0 Å². The van der Waals surface area contributed by atoms with Crippen LogP contribution in [0.3, 0.4) is 0 Å². The Morgan fingerprint density at radius 1 is 1.20 bits per heavy atom. The number of carbonyl (C=O) groups is 1. The minimum atomic E-state index is -0.244. The van der Waals surface area contributed by atoms with E-state index >= 15 is 0 Å². The van der Waals surface area contributed by atoms with Crippen LogP contribution >= 0.6 is 0 Å². The Balaban J connectivity index is 3.76. The molecule has 0 N–H and O–H groups in total. The van der Waals surface area contributed by atoms with Gasteiger partial charge in [0.2, 0.25) is 0 Å². The van der Waals surface area contributed by atoms with Gasteiger partial charge >= 0.3 is 5.97 Å². The summed E-state index contributed by atoms with van der Waals surface area (Å²) in [6, 6.07) is 0. The van der Waals surface area contributed by atoms with Crippen LogP contribution in [-0.4, -0.2) is 32.1 Å². The fourth-order valence-corrected chi connectivity index (χ4v) is 1.21. The predicted octanol–water partition coefficient (Wildman–Crippen LogP) is 1.97. The van der Waals surface area contributed by atoms with Gasteiger partial charge in [0.05, 0.1) is 6.61 Å². The van der Waals surface area contributed by atoms with E-state index in [1.807, 2.05) is 20.8 Å². The maximum absolute atomic E-state index is 10.6. The van der Waals surface area contributed by atoms with E-state index in [1.54, 1.807) is 0 Å². The first-order valence-corrected chi connectivity index (χ1v) is 5.46. The molecule has 0 fully saturated rings. The molecule has 4 heteroatoms. The molecule has 0 rings (SSSR count). The summed E-state index contributed by atoms with van der Waals surface area (Å²) in [4.78, 5) is 10.6. The second-order valence-corrected chi connectivity index (χ2v) is 3.48. The SMILES string of the molecule is CCOC(C[C@H](C)COC(C)=O)OCC. The van der Waals surface area contributed by atoms with Gasteiger partial charge in [0.15, 0.2) is 6.29 Å². The standard InChI is InChI=1S/C11H22O4/c1-5-13-11(14-6-2)7-9(3)8-15-10(4)12/h9,11H,5-8H2,1-4H3/t9-/m0/s1. The maximum Gasteiger partial charge on any atom is 0.302 e. The first-order valence-electron chi connectivity index (χ1n) is 5.46. The maximum atomic E-state index is 10.6. The van der Waals surface area contributed by atoms with Crippen LogP contribution in [0.15, 0.2) is 0 Å². The van der Waals surface area contributed by atoms with Crippen molar-refractivity contribution >= 4 is 5.97 Å². The summed E-state index contributed by atoms with van der Waals surface area (Å²) in [5.74, 6) is 0.00298. The second-order valence-electron chi connectivity index (χ2n) is 3.48. The van der Waals surface area contributed by atoms with E-state index in [0.29, 0.717) is 19.8 Å². The quantitative estimate of drug-likeness (QED) is 0.461. The van der Waals surface area contributed by atoms with Gasteiger partial charge < -0.3 is 14.2 Å². The summed E-state index contributed by atoms with van der Waals surface area (Å²) < 4.78 is 15.7. The zero-order valence-electron chi connectivity index (χ0n) is 10.1. The van der Waals surface area contributed by atoms with Crippen LogP contribution in [0.25, 0.3) is 0 Å². The van der Waals surface area contributed by atoms with Crippen molar-refractivity contribution in [3.63, 3.8) is 0 Å². The zero-order chi connectivity index (χ0) is 11.7. The van der Waals surface area contributed by atoms with E-state index in [1.165, 1.54) is 6.92 Å². The average Bonchev–Trinajstić information content (AvgIpc) is 2.15. The molecule has 0 saturated heterocycles. The van der Waals surface area contributed by atoms with E-state index in [4.69, 9.17) is 14.2 Å². The molecule has 0 aromatic rings. The van der Waals surface area contributed by atoms with Gasteiger partial charge in [-0.2, -0.15) is 0 Å². The van der Waals surface area contributed by atoms with Crippen LogP contribution in [0.1, 0.15) is 34.1 Å². The smallest absolute Gasteiger partial charge is 0.302 e. The molecule has 90 valence electrons. The fourth-order valence-electron chi connectivity index (χ4n) is 1.21. The molecule has 0 heterocycles. The van der Waals surface area contributed by atoms with Crippen molar-refractivity contribution < 1.29 is 19.0 Å². The van der Waals surface area contributed by atoms with Gasteiger partial charge in [-0.25, -0.2) is 0 Å². The van der Waals surface area contributed by atoms with E-state index in [9.17, 15) is 4.79 Å². The summed E-state index contributed by atoms with van der Waals surface area (Å²) in [6.45, 7) is 8.97.